The molecule has 4 rings (SSSR count). The van der Waals surface area contributed by atoms with Gasteiger partial charge in [0, 0.05) is 24.8 Å². The van der Waals surface area contributed by atoms with Gasteiger partial charge in [0.2, 0.25) is 0 Å². The van der Waals surface area contributed by atoms with Gasteiger partial charge in [-0.15, -0.1) is 0 Å². The van der Waals surface area contributed by atoms with Crippen LogP contribution in [0.5, 0.6) is 0 Å². The van der Waals surface area contributed by atoms with E-state index in [0.29, 0.717) is 23.5 Å². The Morgan fingerprint density at radius 1 is 0.667 bits per heavy atom. The first-order chi connectivity index (χ1) is 10.4. The fourth-order valence-corrected chi connectivity index (χ4v) is 2.69. The second-order valence-electron chi connectivity index (χ2n) is 5.27. The molecule has 1 aromatic carbocycles. The Bertz CT molecular complexity index is 726. The van der Waals surface area contributed by atoms with Gasteiger partial charge in [-0.2, -0.15) is 0 Å². The molecule has 0 amide bonds. The average molecular weight is 274 g/mol. The fraction of sp³-hybridized carbons (Fsp3) is 0.176. The molecule has 2 aromatic heterocycles. The van der Waals surface area contributed by atoms with Crippen LogP contribution in [0.15, 0.2) is 61.2 Å². The van der Waals surface area contributed by atoms with Gasteiger partial charge in [-0.1, -0.05) is 30.3 Å². The molecule has 1 fully saturated rings. The lowest BCUT2D eigenvalue weighted by molar-refractivity contribution is 0.977. The third kappa shape index (κ3) is 2.40. The zero-order valence-corrected chi connectivity index (χ0v) is 11.4. The summed E-state index contributed by atoms with van der Waals surface area (Å²) >= 11 is 0. The van der Waals surface area contributed by atoms with Crippen molar-refractivity contribution in [3.63, 3.8) is 0 Å². The van der Waals surface area contributed by atoms with E-state index in [1.54, 1.807) is 18.5 Å². The molecule has 0 unspecified atom stereocenters. The van der Waals surface area contributed by atoms with Crippen LogP contribution in [0.1, 0.15) is 29.4 Å². The smallest absolute Gasteiger partial charge is 0.197 e. The van der Waals surface area contributed by atoms with Gasteiger partial charge in [0.25, 0.3) is 0 Å². The summed E-state index contributed by atoms with van der Waals surface area (Å²) in [5, 5.41) is 0. The minimum atomic E-state index is 0.540. The fourth-order valence-electron chi connectivity index (χ4n) is 2.69. The molecule has 0 spiro atoms. The number of hydrogen-bond donors (Lipinski definition) is 0. The molecule has 102 valence electrons. The lowest BCUT2D eigenvalue weighted by Crippen LogP contribution is -1.95. The molecule has 4 heteroatoms. The van der Waals surface area contributed by atoms with Crippen molar-refractivity contribution in [3.8, 4) is 11.6 Å². The molecule has 1 aliphatic rings. The molecular formula is C17H14N4. The predicted octanol–water partition coefficient (Wildman–Crippen LogP) is 3.20. The van der Waals surface area contributed by atoms with Crippen molar-refractivity contribution >= 4 is 0 Å². The van der Waals surface area contributed by atoms with E-state index in [1.165, 1.54) is 17.5 Å². The molecule has 21 heavy (non-hydrogen) atoms. The van der Waals surface area contributed by atoms with Gasteiger partial charge in [0.15, 0.2) is 11.6 Å². The van der Waals surface area contributed by atoms with Crippen LogP contribution in [0, 0.1) is 0 Å². The van der Waals surface area contributed by atoms with Gasteiger partial charge in [-0.05, 0) is 35.4 Å². The van der Waals surface area contributed by atoms with E-state index in [4.69, 9.17) is 0 Å². The molecule has 0 aliphatic heterocycles. The van der Waals surface area contributed by atoms with E-state index in [2.05, 4.69) is 50.3 Å². The van der Waals surface area contributed by atoms with Gasteiger partial charge >= 0.3 is 0 Å². The van der Waals surface area contributed by atoms with Crippen LogP contribution in [0.25, 0.3) is 11.6 Å². The van der Waals surface area contributed by atoms with Crippen LogP contribution < -0.4 is 0 Å². The first kappa shape index (κ1) is 12.1. The second-order valence-corrected chi connectivity index (χ2v) is 5.27. The summed E-state index contributed by atoms with van der Waals surface area (Å²) in [6.45, 7) is 0. The SMILES string of the molecule is c1ccc([C@@H]2C[C@H]2c2cnc(-c3ncccn3)nc2)cc1. The first-order valence-electron chi connectivity index (χ1n) is 7.06. The summed E-state index contributed by atoms with van der Waals surface area (Å²) in [6.07, 6.45) is 8.39. The van der Waals surface area contributed by atoms with Crippen LogP contribution >= 0.6 is 0 Å². The van der Waals surface area contributed by atoms with E-state index in [-0.39, 0.29) is 0 Å². The van der Waals surface area contributed by atoms with Crippen molar-refractivity contribution in [3.05, 3.63) is 72.3 Å². The highest BCUT2D eigenvalue weighted by Gasteiger charge is 2.39. The topological polar surface area (TPSA) is 51.6 Å². The van der Waals surface area contributed by atoms with E-state index < -0.39 is 0 Å². The number of aromatic nitrogens is 4. The largest absolute Gasteiger partial charge is 0.234 e. The lowest BCUT2D eigenvalue weighted by Gasteiger charge is -2.02. The van der Waals surface area contributed by atoms with E-state index >= 15 is 0 Å². The molecule has 1 aliphatic carbocycles. The average Bonchev–Trinajstić information content (AvgIpc) is 3.37. The Kier molecular flexibility index (Phi) is 2.92. The van der Waals surface area contributed by atoms with Crippen LogP contribution in [0.4, 0.5) is 0 Å². The van der Waals surface area contributed by atoms with Crippen molar-refractivity contribution in [1.29, 1.82) is 0 Å². The molecule has 3 aromatic rings. The monoisotopic (exact) mass is 274 g/mol. The molecule has 2 atom stereocenters. The molecule has 1 saturated carbocycles. The Morgan fingerprint density at radius 3 is 2.00 bits per heavy atom. The zero-order valence-electron chi connectivity index (χ0n) is 11.4. The number of nitrogens with zero attached hydrogens (tertiary/aromatic N) is 4. The third-order valence-electron chi connectivity index (χ3n) is 3.88. The van der Waals surface area contributed by atoms with Gasteiger partial charge in [0.1, 0.15) is 0 Å². The predicted molar refractivity (Wildman–Crippen MR) is 79.6 cm³/mol. The first-order valence-corrected chi connectivity index (χ1v) is 7.06. The summed E-state index contributed by atoms with van der Waals surface area (Å²) in [4.78, 5) is 17.1. The number of rotatable bonds is 3. The van der Waals surface area contributed by atoms with Gasteiger partial charge in [-0.25, -0.2) is 19.9 Å². The van der Waals surface area contributed by atoms with E-state index in [9.17, 15) is 0 Å². The molecule has 0 radical (unpaired) electrons. The zero-order chi connectivity index (χ0) is 14.1. The quantitative estimate of drug-likeness (QED) is 0.736. The molecule has 2 heterocycles. The molecule has 0 saturated heterocycles. The molecule has 0 bridgehead atoms. The van der Waals surface area contributed by atoms with Gasteiger partial charge in [-0.3, -0.25) is 0 Å². The Balaban J connectivity index is 1.54. The maximum absolute atomic E-state index is 4.40. The van der Waals surface area contributed by atoms with Crippen molar-refractivity contribution in [2.45, 2.75) is 18.3 Å². The minimum absolute atomic E-state index is 0.540. The standard InChI is InChI=1S/C17H14N4/c1-2-5-12(6-3-1)14-9-15(14)13-10-20-17(21-11-13)16-18-7-4-8-19-16/h1-8,10-11,14-15H,9H2/t14-,15-/m0/s1. The molecular weight excluding hydrogens is 260 g/mol. The summed E-state index contributed by atoms with van der Waals surface area (Å²) in [5.74, 6) is 2.29. The Hall–Kier alpha value is -2.62. The van der Waals surface area contributed by atoms with E-state index in [1.807, 2.05) is 12.4 Å². The van der Waals surface area contributed by atoms with E-state index in [0.717, 1.165) is 0 Å². The van der Waals surface area contributed by atoms with Crippen molar-refractivity contribution in [2.24, 2.45) is 0 Å². The molecule has 4 nitrogen and oxygen atoms in total. The van der Waals surface area contributed by atoms with Crippen LogP contribution in [0.3, 0.4) is 0 Å². The number of hydrogen-bond acceptors (Lipinski definition) is 4. The van der Waals surface area contributed by atoms with Crippen molar-refractivity contribution < 1.29 is 0 Å². The summed E-state index contributed by atoms with van der Waals surface area (Å²) in [5.41, 5.74) is 2.60. The highest BCUT2D eigenvalue weighted by atomic mass is 15.0. The Morgan fingerprint density at radius 2 is 1.29 bits per heavy atom. The van der Waals surface area contributed by atoms with Crippen LogP contribution in [-0.2, 0) is 0 Å². The van der Waals surface area contributed by atoms with Crippen LogP contribution in [-0.4, -0.2) is 19.9 Å². The lowest BCUT2D eigenvalue weighted by atomic mass is 10.1. The maximum atomic E-state index is 4.40. The summed E-state index contributed by atoms with van der Waals surface area (Å²) in [7, 11) is 0. The highest BCUT2D eigenvalue weighted by Crippen LogP contribution is 2.54. The molecule has 0 N–H and O–H groups in total. The maximum Gasteiger partial charge on any atom is 0.197 e. The second kappa shape index (κ2) is 5.05. The highest BCUT2D eigenvalue weighted by molar-refractivity contribution is 5.43. The Labute approximate surface area is 123 Å². The van der Waals surface area contributed by atoms with Gasteiger partial charge in [0.05, 0.1) is 0 Å². The normalized spacial score (nSPS) is 20.2. The third-order valence-corrected chi connectivity index (χ3v) is 3.88. The minimum Gasteiger partial charge on any atom is -0.234 e. The summed E-state index contributed by atoms with van der Waals surface area (Å²) < 4.78 is 0. The van der Waals surface area contributed by atoms with Gasteiger partial charge < -0.3 is 0 Å². The number of benzene rings is 1. The van der Waals surface area contributed by atoms with Crippen molar-refractivity contribution in [2.75, 3.05) is 0 Å². The van der Waals surface area contributed by atoms with Crippen LogP contribution in [0.2, 0.25) is 0 Å². The summed E-state index contributed by atoms with van der Waals surface area (Å²) in [6, 6.07) is 12.4. The van der Waals surface area contributed by atoms with Crippen molar-refractivity contribution in [1.82, 2.24) is 19.9 Å².